The smallest absolute Gasteiger partial charge is 0.343 e. The van der Waals surface area contributed by atoms with E-state index in [4.69, 9.17) is 16.3 Å². The highest BCUT2D eigenvalue weighted by Gasteiger charge is 2.14. The first-order valence-electron chi connectivity index (χ1n) is 8.89. The quantitative estimate of drug-likeness (QED) is 0.178. The molecule has 0 aromatic heterocycles. The lowest BCUT2D eigenvalue weighted by Crippen LogP contribution is -2.32. The minimum absolute atomic E-state index is 0.217. The van der Waals surface area contributed by atoms with Crippen LogP contribution in [0.25, 0.3) is 0 Å². The van der Waals surface area contributed by atoms with Gasteiger partial charge in [0.2, 0.25) is 0 Å². The maximum absolute atomic E-state index is 12.4. The number of carbonyl (C=O) groups is 3. The van der Waals surface area contributed by atoms with Crippen molar-refractivity contribution in [3.8, 4) is 5.75 Å². The molecule has 7 nitrogen and oxygen atoms in total. The number of hydrogen-bond donors (Lipinski definition) is 2. The number of esters is 1. The second kappa shape index (κ2) is 10.5. The van der Waals surface area contributed by atoms with Crippen LogP contribution in [0.3, 0.4) is 0 Å². The summed E-state index contributed by atoms with van der Waals surface area (Å²) in [5.74, 6) is -2.18. The standard InChI is InChI=1S/C22H15BrClN3O4/c23-16-8-11-19(31-22(30)14-6-9-17(24)10-7-14)15(12-16)13-25-27-21(29)20(28)26-18-4-2-1-3-5-18/h1-13H,(H,26,28)(H,27,29)/b25-13+. The van der Waals surface area contributed by atoms with Crippen LogP contribution >= 0.6 is 27.5 Å². The van der Waals surface area contributed by atoms with E-state index in [9.17, 15) is 14.4 Å². The van der Waals surface area contributed by atoms with Crippen molar-refractivity contribution in [1.29, 1.82) is 0 Å². The molecule has 0 aliphatic rings. The Bertz CT molecular complexity index is 1140. The molecular formula is C22H15BrClN3O4. The largest absolute Gasteiger partial charge is 0.422 e. The van der Waals surface area contributed by atoms with E-state index in [0.29, 0.717) is 26.3 Å². The second-order valence-electron chi connectivity index (χ2n) is 6.10. The predicted molar refractivity (Wildman–Crippen MR) is 121 cm³/mol. The SMILES string of the molecule is O=C(N/N=C/c1cc(Br)ccc1OC(=O)c1ccc(Cl)cc1)C(=O)Nc1ccccc1. The van der Waals surface area contributed by atoms with E-state index in [-0.39, 0.29) is 5.75 Å². The van der Waals surface area contributed by atoms with Crippen molar-refractivity contribution in [3.05, 3.63) is 93.4 Å². The van der Waals surface area contributed by atoms with Crippen molar-refractivity contribution in [1.82, 2.24) is 5.43 Å². The lowest BCUT2D eigenvalue weighted by Gasteiger charge is -2.08. The van der Waals surface area contributed by atoms with Gasteiger partial charge in [0, 0.05) is 20.7 Å². The normalized spacial score (nSPS) is 10.5. The first-order valence-corrected chi connectivity index (χ1v) is 10.1. The molecule has 3 rings (SSSR count). The molecule has 2 amide bonds. The lowest BCUT2D eigenvalue weighted by molar-refractivity contribution is -0.136. The molecule has 0 fully saturated rings. The Morgan fingerprint density at radius 3 is 2.35 bits per heavy atom. The van der Waals surface area contributed by atoms with Gasteiger partial charge in [0.25, 0.3) is 0 Å². The van der Waals surface area contributed by atoms with Crippen molar-refractivity contribution in [2.45, 2.75) is 0 Å². The highest BCUT2D eigenvalue weighted by atomic mass is 79.9. The van der Waals surface area contributed by atoms with Crippen molar-refractivity contribution in [2.75, 3.05) is 5.32 Å². The van der Waals surface area contributed by atoms with Gasteiger partial charge < -0.3 is 10.1 Å². The van der Waals surface area contributed by atoms with E-state index < -0.39 is 17.8 Å². The van der Waals surface area contributed by atoms with E-state index in [0.717, 1.165) is 0 Å². The number of carbonyl (C=O) groups excluding carboxylic acids is 3. The number of hydrogen-bond acceptors (Lipinski definition) is 5. The number of para-hydroxylation sites is 1. The third kappa shape index (κ3) is 6.50. The number of nitrogens with zero attached hydrogens (tertiary/aromatic N) is 1. The number of nitrogens with one attached hydrogen (secondary N) is 2. The van der Waals surface area contributed by atoms with Gasteiger partial charge in [0.05, 0.1) is 11.8 Å². The molecule has 0 bridgehead atoms. The van der Waals surface area contributed by atoms with Crippen LogP contribution in [0.4, 0.5) is 5.69 Å². The topological polar surface area (TPSA) is 96.9 Å². The number of hydrazone groups is 1. The molecule has 0 unspecified atom stereocenters. The zero-order chi connectivity index (χ0) is 22.2. The number of anilines is 1. The van der Waals surface area contributed by atoms with E-state index in [1.807, 2.05) is 0 Å². The van der Waals surface area contributed by atoms with Crippen molar-refractivity contribution in [2.24, 2.45) is 5.10 Å². The fourth-order valence-corrected chi connectivity index (χ4v) is 2.88. The highest BCUT2D eigenvalue weighted by Crippen LogP contribution is 2.23. The monoisotopic (exact) mass is 499 g/mol. The van der Waals surface area contributed by atoms with Crippen LogP contribution in [0.1, 0.15) is 15.9 Å². The fourth-order valence-electron chi connectivity index (χ4n) is 2.38. The molecule has 0 atom stereocenters. The molecule has 0 spiro atoms. The van der Waals surface area contributed by atoms with Crippen LogP contribution in [-0.2, 0) is 9.59 Å². The van der Waals surface area contributed by atoms with E-state index in [1.165, 1.54) is 6.21 Å². The maximum atomic E-state index is 12.4. The lowest BCUT2D eigenvalue weighted by atomic mass is 10.2. The van der Waals surface area contributed by atoms with Crippen molar-refractivity contribution in [3.63, 3.8) is 0 Å². The molecular weight excluding hydrogens is 486 g/mol. The molecule has 0 heterocycles. The molecule has 3 aromatic carbocycles. The van der Waals surface area contributed by atoms with Gasteiger partial charge >= 0.3 is 17.8 Å². The van der Waals surface area contributed by atoms with Crippen LogP contribution in [0, 0.1) is 0 Å². The van der Waals surface area contributed by atoms with Crippen LogP contribution < -0.4 is 15.5 Å². The zero-order valence-electron chi connectivity index (χ0n) is 15.8. The molecule has 0 radical (unpaired) electrons. The van der Waals surface area contributed by atoms with E-state index >= 15 is 0 Å². The molecule has 31 heavy (non-hydrogen) atoms. The van der Waals surface area contributed by atoms with E-state index in [2.05, 4.69) is 31.8 Å². The molecule has 9 heteroatoms. The third-order valence-corrected chi connectivity index (χ3v) is 4.61. The fraction of sp³-hybridized carbons (Fsp3) is 0. The minimum Gasteiger partial charge on any atom is -0.422 e. The Kier molecular flexibility index (Phi) is 7.53. The Morgan fingerprint density at radius 1 is 0.935 bits per heavy atom. The second-order valence-corrected chi connectivity index (χ2v) is 7.45. The summed E-state index contributed by atoms with van der Waals surface area (Å²) in [5.41, 5.74) is 3.34. The Balaban J connectivity index is 1.66. The molecule has 0 aliphatic heterocycles. The molecule has 2 N–H and O–H groups in total. The summed E-state index contributed by atoms with van der Waals surface area (Å²) in [7, 11) is 0. The Labute approximate surface area is 191 Å². The van der Waals surface area contributed by atoms with Crippen LogP contribution in [0.2, 0.25) is 5.02 Å². The first-order chi connectivity index (χ1) is 14.9. The van der Waals surface area contributed by atoms with Gasteiger partial charge in [-0.15, -0.1) is 0 Å². The summed E-state index contributed by atoms with van der Waals surface area (Å²) in [4.78, 5) is 36.2. The first kappa shape index (κ1) is 22.2. The summed E-state index contributed by atoms with van der Waals surface area (Å²) in [6, 6.07) is 19.7. The third-order valence-electron chi connectivity index (χ3n) is 3.86. The van der Waals surface area contributed by atoms with Crippen LogP contribution in [0.5, 0.6) is 5.75 Å². The summed E-state index contributed by atoms with van der Waals surface area (Å²) >= 11 is 9.16. The molecule has 0 aliphatic carbocycles. The molecule has 3 aromatic rings. The van der Waals surface area contributed by atoms with Crippen LogP contribution in [-0.4, -0.2) is 24.0 Å². The Morgan fingerprint density at radius 2 is 1.65 bits per heavy atom. The number of amides is 2. The van der Waals surface area contributed by atoms with Gasteiger partial charge in [-0.1, -0.05) is 45.7 Å². The molecule has 156 valence electrons. The molecule has 0 saturated carbocycles. The summed E-state index contributed by atoms with van der Waals surface area (Å²) in [5, 5.41) is 6.73. The number of halogens is 2. The number of benzene rings is 3. The number of rotatable bonds is 5. The van der Waals surface area contributed by atoms with E-state index in [1.54, 1.807) is 72.8 Å². The van der Waals surface area contributed by atoms with Gasteiger partial charge in [0.15, 0.2) is 0 Å². The number of ether oxygens (including phenoxy) is 1. The van der Waals surface area contributed by atoms with Gasteiger partial charge in [0.1, 0.15) is 5.75 Å². The summed E-state index contributed by atoms with van der Waals surface area (Å²) < 4.78 is 6.13. The minimum atomic E-state index is -0.949. The van der Waals surface area contributed by atoms with Gasteiger partial charge in [-0.2, -0.15) is 5.10 Å². The summed E-state index contributed by atoms with van der Waals surface area (Å²) in [6.07, 6.45) is 1.27. The Hall–Kier alpha value is -3.49. The van der Waals surface area contributed by atoms with Crippen molar-refractivity contribution < 1.29 is 19.1 Å². The van der Waals surface area contributed by atoms with Gasteiger partial charge in [-0.05, 0) is 54.6 Å². The predicted octanol–water partition coefficient (Wildman–Crippen LogP) is 4.41. The highest BCUT2D eigenvalue weighted by molar-refractivity contribution is 9.10. The van der Waals surface area contributed by atoms with Gasteiger partial charge in [-0.3, -0.25) is 9.59 Å². The van der Waals surface area contributed by atoms with Crippen molar-refractivity contribution >= 4 is 57.2 Å². The maximum Gasteiger partial charge on any atom is 0.343 e. The summed E-state index contributed by atoms with van der Waals surface area (Å²) in [6.45, 7) is 0. The van der Waals surface area contributed by atoms with Gasteiger partial charge in [-0.25, -0.2) is 10.2 Å². The zero-order valence-corrected chi connectivity index (χ0v) is 18.2. The van der Waals surface area contributed by atoms with Crippen LogP contribution in [0.15, 0.2) is 82.4 Å². The average molecular weight is 501 g/mol. The average Bonchev–Trinajstić information content (AvgIpc) is 2.76. The molecule has 0 saturated heterocycles.